The van der Waals surface area contributed by atoms with Crippen LogP contribution in [-0.4, -0.2) is 22.2 Å². The summed E-state index contributed by atoms with van der Waals surface area (Å²) in [6.45, 7) is 1.29. The van der Waals surface area contributed by atoms with Crippen LogP contribution in [0.25, 0.3) is 0 Å². The number of nitrogens with one attached hydrogen (secondary N) is 1. The molecule has 100 valence electrons. The lowest BCUT2D eigenvalue weighted by atomic mass is 10.0. The molecule has 2 rings (SSSR count). The molecule has 0 spiro atoms. The summed E-state index contributed by atoms with van der Waals surface area (Å²) in [4.78, 5) is 11.6. The lowest BCUT2D eigenvalue weighted by molar-refractivity contribution is -0.121. The summed E-state index contributed by atoms with van der Waals surface area (Å²) in [5, 5.41) is 6.99. The molecule has 0 aliphatic heterocycles. The number of rotatable bonds is 6. The van der Waals surface area contributed by atoms with Crippen molar-refractivity contribution in [3.05, 3.63) is 12.4 Å². The number of amides is 1. The van der Waals surface area contributed by atoms with Crippen LogP contribution in [0.5, 0.6) is 0 Å². The summed E-state index contributed by atoms with van der Waals surface area (Å²) in [5.41, 5.74) is 6.21. The van der Waals surface area contributed by atoms with E-state index in [0.717, 1.165) is 12.3 Å². The van der Waals surface area contributed by atoms with Crippen LogP contribution in [0.3, 0.4) is 0 Å². The van der Waals surface area contributed by atoms with E-state index in [9.17, 15) is 4.79 Å². The van der Waals surface area contributed by atoms with Gasteiger partial charge in [0.05, 0.1) is 18.4 Å². The molecular formula is C13H22N4O. The summed E-state index contributed by atoms with van der Waals surface area (Å²) in [5.74, 6) is 0.934. The highest BCUT2D eigenvalue weighted by atomic mass is 16.1. The second kappa shape index (κ2) is 6.42. The molecule has 0 aromatic carbocycles. The summed E-state index contributed by atoms with van der Waals surface area (Å²) in [6, 6.07) is 0. The van der Waals surface area contributed by atoms with Gasteiger partial charge >= 0.3 is 0 Å². The van der Waals surface area contributed by atoms with Crippen LogP contribution in [0.4, 0.5) is 5.69 Å². The van der Waals surface area contributed by atoms with Crippen molar-refractivity contribution in [1.82, 2.24) is 15.1 Å². The Morgan fingerprint density at radius 1 is 1.50 bits per heavy atom. The van der Waals surface area contributed by atoms with Crippen molar-refractivity contribution >= 4 is 11.6 Å². The second-order valence-electron chi connectivity index (χ2n) is 5.08. The van der Waals surface area contributed by atoms with Crippen molar-refractivity contribution < 1.29 is 4.79 Å². The van der Waals surface area contributed by atoms with E-state index < -0.39 is 0 Å². The number of hydrogen-bond donors (Lipinski definition) is 2. The molecule has 0 saturated heterocycles. The number of nitrogens with zero attached hydrogens (tertiary/aromatic N) is 2. The Morgan fingerprint density at radius 2 is 2.28 bits per heavy atom. The van der Waals surface area contributed by atoms with Gasteiger partial charge in [0.1, 0.15) is 0 Å². The third-order valence-electron chi connectivity index (χ3n) is 3.57. The summed E-state index contributed by atoms with van der Waals surface area (Å²) < 4.78 is 1.74. The maximum Gasteiger partial charge on any atom is 0.220 e. The Morgan fingerprint density at radius 3 is 2.94 bits per heavy atom. The Bertz CT molecular complexity index is 382. The Hall–Kier alpha value is -1.52. The molecule has 1 heterocycles. The first-order valence-electron chi connectivity index (χ1n) is 6.78. The molecule has 0 bridgehead atoms. The molecule has 0 atom stereocenters. The average molecular weight is 250 g/mol. The van der Waals surface area contributed by atoms with Crippen molar-refractivity contribution in [1.29, 1.82) is 0 Å². The van der Waals surface area contributed by atoms with E-state index in [1.165, 1.54) is 25.7 Å². The highest BCUT2D eigenvalue weighted by molar-refractivity contribution is 5.75. The summed E-state index contributed by atoms with van der Waals surface area (Å²) in [7, 11) is 0. The van der Waals surface area contributed by atoms with Crippen LogP contribution in [0.15, 0.2) is 12.4 Å². The standard InChI is InChI=1S/C13H22N4O/c14-12-9-16-17(10-12)8-7-15-13(18)6-5-11-3-1-2-4-11/h9-11H,1-8,14H2,(H,15,18). The number of nitrogen functional groups attached to an aromatic ring is 1. The molecule has 1 saturated carbocycles. The Balaban J connectivity index is 1.57. The molecule has 1 fully saturated rings. The number of hydrogen-bond acceptors (Lipinski definition) is 3. The molecule has 1 aliphatic carbocycles. The highest BCUT2D eigenvalue weighted by Gasteiger charge is 2.15. The maximum absolute atomic E-state index is 11.6. The van der Waals surface area contributed by atoms with E-state index in [1.54, 1.807) is 17.1 Å². The normalized spacial score (nSPS) is 16.0. The minimum Gasteiger partial charge on any atom is -0.396 e. The lowest BCUT2D eigenvalue weighted by Gasteiger charge is -2.09. The van der Waals surface area contributed by atoms with Crippen LogP contribution in [-0.2, 0) is 11.3 Å². The number of aromatic nitrogens is 2. The predicted octanol–water partition coefficient (Wildman–Crippen LogP) is 1.55. The molecule has 0 unspecified atom stereocenters. The van der Waals surface area contributed by atoms with Gasteiger partial charge in [0.15, 0.2) is 0 Å². The monoisotopic (exact) mass is 250 g/mol. The van der Waals surface area contributed by atoms with Crippen molar-refractivity contribution in [3.8, 4) is 0 Å². The van der Waals surface area contributed by atoms with Gasteiger partial charge in [-0.25, -0.2) is 0 Å². The molecule has 3 N–H and O–H groups in total. The van der Waals surface area contributed by atoms with Gasteiger partial charge in [-0.1, -0.05) is 25.7 Å². The smallest absolute Gasteiger partial charge is 0.220 e. The molecule has 1 aromatic rings. The number of anilines is 1. The fourth-order valence-corrected chi connectivity index (χ4v) is 2.53. The zero-order chi connectivity index (χ0) is 12.8. The number of carbonyl (C=O) groups is 1. The zero-order valence-electron chi connectivity index (χ0n) is 10.8. The minimum atomic E-state index is 0.155. The van der Waals surface area contributed by atoms with E-state index >= 15 is 0 Å². The lowest BCUT2D eigenvalue weighted by Crippen LogP contribution is -2.27. The van der Waals surface area contributed by atoms with Crippen LogP contribution >= 0.6 is 0 Å². The first-order chi connectivity index (χ1) is 8.74. The molecule has 18 heavy (non-hydrogen) atoms. The van der Waals surface area contributed by atoms with Crippen LogP contribution in [0.1, 0.15) is 38.5 Å². The topological polar surface area (TPSA) is 72.9 Å². The first kappa shape index (κ1) is 12.9. The molecule has 1 aromatic heterocycles. The average Bonchev–Trinajstić information content (AvgIpc) is 2.98. The van der Waals surface area contributed by atoms with Gasteiger partial charge in [-0.05, 0) is 12.3 Å². The van der Waals surface area contributed by atoms with Gasteiger partial charge in [-0.3, -0.25) is 9.48 Å². The van der Waals surface area contributed by atoms with E-state index in [4.69, 9.17) is 5.73 Å². The van der Waals surface area contributed by atoms with Gasteiger partial charge in [0.2, 0.25) is 5.91 Å². The van der Waals surface area contributed by atoms with E-state index in [1.807, 2.05) is 0 Å². The Kier molecular flexibility index (Phi) is 4.61. The van der Waals surface area contributed by atoms with E-state index in [2.05, 4.69) is 10.4 Å². The summed E-state index contributed by atoms with van der Waals surface area (Å²) in [6.07, 6.45) is 10.4. The molecular weight excluding hydrogens is 228 g/mol. The van der Waals surface area contributed by atoms with E-state index in [0.29, 0.717) is 25.2 Å². The van der Waals surface area contributed by atoms with Crippen molar-refractivity contribution in [2.45, 2.75) is 45.1 Å². The second-order valence-corrected chi connectivity index (χ2v) is 5.08. The molecule has 5 nitrogen and oxygen atoms in total. The minimum absolute atomic E-state index is 0.155. The van der Waals surface area contributed by atoms with Crippen LogP contribution in [0, 0.1) is 5.92 Å². The molecule has 0 radical (unpaired) electrons. The third-order valence-corrected chi connectivity index (χ3v) is 3.57. The largest absolute Gasteiger partial charge is 0.396 e. The molecule has 5 heteroatoms. The van der Waals surface area contributed by atoms with Gasteiger partial charge in [0.25, 0.3) is 0 Å². The van der Waals surface area contributed by atoms with Crippen molar-refractivity contribution in [2.24, 2.45) is 5.92 Å². The predicted molar refractivity (Wildman–Crippen MR) is 70.8 cm³/mol. The first-order valence-corrected chi connectivity index (χ1v) is 6.78. The Labute approximate surface area is 108 Å². The zero-order valence-corrected chi connectivity index (χ0v) is 10.8. The van der Waals surface area contributed by atoms with Gasteiger partial charge < -0.3 is 11.1 Å². The summed E-state index contributed by atoms with van der Waals surface area (Å²) >= 11 is 0. The molecule has 1 amide bonds. The highest BCUT2D eigenvalue weighted by Crippen LogP contribution is 2.28. The fourth-order valence-electron chi connectivity index (χ4n) is 2.53. The van der Waals surface area contributed by atoms with Crippen LogP contribution in [0.2, 0.25) is 0 Å². The maximum atomic E-state index is 11.6. The van der Waals surface area contributed by atoms with Crippen molar-refractivity contribution in [2.75, 3.05) is 12.3 Å². The van der Waals surface area contributed by atoms with E-state index in [-0.39, 0.29) is 5.91 Å². The van der Waals surface area contributed by atoms with Crippen LogP contribution < -0.4 is 11.1 Å². The van der Waals surface area contributed by atoms with Gasteiger partial charge in [-0.15, -0.1) is 0 Å². The SMILES string of the molecule is Nc1cnn(CCNC(=O)CCC2CCCC2)c1. The van der Waals surface area contributed by atoms with Crippen molar-refractivity contribution in [3.63, 3.8) is 0 Å². The third kappa shape index (κ3) is 4.05. The quantitative estimate of drug-likeness (QED) is 0.804. The fraction of sp³-hybridized carbons (Fsp3) is 0.692. The molecule has 1 aliphatic rings. The number of nitrogens with two attached hydrogens (primary N) is 1. The number of carbonyl (C=O) groups excluding carboxylic acids is 1. The van der Waals surface area contributed by atoms with Gasteiger partial charge in [0, 0.05) is 19.2 Å². The van der Waals surface area contributed by atoms with Gasteiger partial charge in [-0.2, -0.15) is 5.10 Å².